The Morgan fingerprint density at radius 3 is 2.52 bits per heavy atom. The van der Waals surface area contributed by atoms with Crippen molar-refractivity contribution >= 4 is 40.0 Å². The molecule has 1 aliphatic rings. The number of fused-ring (bicyclic) bond motifs is 1. The lowest BCUT2D eigenvalue weighted by Gasteiger charge is -2.28. The maximum Gasteiger partial charge on any atom is 0.270 e. The molecule has 9 nitrogen and oxygen atoms in total. The lowest BCUT2D eigenvalue weighted by Crippen LogP contribution is -2.44. The fraction of sp³-hybridized carbons (Fsp3) is 0.267. The molecule has 0 saturated heterocycles. The number of hydrogen-bond acceptors (Lipinski definition) is 5. The summed E-state index contributed by atoms with van der Waals surface area (Å²) in [6.45, 7) is 0.717. The van der Waals surface area contributed by atoms with Crippen LogP contribution in [0.5, 0.6) is 5.75 Å². The molecule has 2 amide bonds. The minimum Gasteiger partial charge on any atom is -0.497 e. The Morgan fingerprint density at radius 2 is 1.85 bits per heavy atom. The van der Waals surface area contributed by atoms with Crippen molar-refractivity contribution < 1.29 is 19.2 Å². The van der Waals surface area contributed by atoms with Crippen LogP contribution in [0.4, 0.5) is 5.69 Å². The Bertz CT molecular complexity index is 1550. The van der Waals surface area contributed by atoms with E-state index < -0.39 is 10.8 Å². The van der Waals surface area contributed by atoms with Crippen molar-refractivity contribution in [2.75, 3.05) is 20.2 Å². The van der Waals surface area contributed by atoms with E-state index >= 15 is 0 Å². The third kappa shape index (κ3) is 6.10. The predicted octanol–water partition coefficient (Wildman–Crippen LogP) is 5.61. The van der Waals surface area contributed by atoms with E-state index in [0.29, 0.717) is 19.5 Å². The lowest BCUT2D eigenvalue weighted by molar-refractivity contribution is -0.384. The molecule has 1 aliphatic carbocycles. The summed E-state index contributed by atoms with van der Waals surface area (Å²) in [7, 11) is 1.60. The van der Waals surface area contributed by atoms with Gasteiger partial charge in [-0.3, -0.25) is 19.7 Å². The predicted molar refractivity (Wildman–Crippen MR) is 153 cm³/mol. The van der Waals surface area contributed by atoms with E-state index in [4.69, 9.17) is 16.3 Å². The van der Waals surface area contributed by atoms with Gasteiger partial charge in [-0.15, -0.1) is 0 Å². The molecule has 40 heavy (non-hydrogen) atoms. The molecule has 10 heteroatoms. The van der Waals surface area contributed by atoms with Crippen LogP contribution in [-0.4, -0.2) is 57.8 Å². The molecule has 206 valence electrons. The maximum atomic E-state index is 13.8. The molecular formula is C30H29ClN4O5. The second kappa shape index (κ2) is 11.8. The molecule has 0 aliphatic heterocycles. The van der Waals surface area contributed by atoms with Crippen molar-refractivity contribution in [3.63, 3.8) is 0 Å². The number of carbonyl (C=O) groups excluding carboxylic acids is 2. The van der Waals surface area contributed by atoms with Gasteiger partial charge in [-0.05, 0) is 54.7 Å². The SMILES string of the molecule is COc1ccc(CN(CCc2c[nH]c3ccccc23)C(=O)CN(C(=O)c2ccc([N+](=O)[O-])cc2Cl)C2CC2)cc1. The van der Waals surface area contributed by atoms with Crippen molar-refractivity contribution in [3.8, 4) is 5.75 Å². The van der Waals surface area contributed by atoms with Crippen LogP contribution in [0.15, 0.2) is 72.9 Å². The molecule has 1 heterocycles. The second-order valence-corrected chi connectivity index (χ2v) is 10.3. The highest BCUT2D eigenvalue weighted by Crippen LogP contribution is 2.31. The first-order chi connectivity index (χ1) is 19.3. The minimum absolute atomic E-state index is 0.00766. The van der Waals surface area contributed by atoms with Crippen LogP contribution in [0.3, 0.4) is 0 Å². The van der Waals surface area contributed by atoms with Gasteiger partial charge >= 0.3 is 0 Å². The number of ether oxygens (including phenoxy) is 1. The summed E-state index contributed by atoms with van der Waals surface area (Å²) in [6.07, 6.45) is 4.18. The number of H-pyrrole nitrogens is 1. The van der Waals surface area contributed by atoms with E-state index in [9.17, 15) is 19.7 Å². The zero-order valence-electron chi connectivity index (χ0n) is 22.0. The number of para-hydroxylation sites is 1. The number of benzene rings is 3. The van der Waals surface area contributed by atoms with Gasteiger partial charge in [0.25, 0.3) is 11.6 Å². The summed E-state index contributed by atoms with van der Waals surface area (Å²) < 4.78 is 5.27. The smallest absolute Gasteiger partial charge is 0.270 e. The largest absolute Gasteiger partial charge is 0.497 e. The fourth-order valence-corrected chi connectivity index (χ4v) is 5.04. The monoisotopic (exact) mass is 560 g/mol. The van der Waals surface area contributed by atoms with E-state index in [1.165, 1.54) is 18.2 Å². The molecule has 5 rings (SSSR count). The highest BCUT2D eigenvalue weighted by Gasteiger charge is 2.36. The standard InChI is InChI=1S/C30H29ClN4O5/c1-40-24-11-6-20(7-12-24)18-33(15-14-21-17-32-28-5-3-2-4-25(21)28)29(36)19-34(22-8-9-22)30(37)26-13-10-23(35(38)39)16-27(26)31/h2-7,10-13,16-17,22,32H,8-9,14-15,18-19H2,1H3. The molecule has 0 unspecified atom stereocenters. The minimum atomic E-state index is -0.562. The number of non-ortho nitro benzene ring substituents is 1. The van der Waals surface area contributed by atoms with Gasteiger partial charge in [-0.2, -0.15) is 0 Å². The van der Waals surface area contributed by atoms with Gasteiger partial charge in [-0.25, -0.2) is 0 Å². The summed E-state index contributed by atoms with van der Waals surface area (Å²) in [4.78, 5) is 44.4. The fourth-order valence-electron chi connectivity index (χ4n) is 4.78. The van der Waals surface area contributed by atoms with E-state index in [0.717, 1.165) is 40.6 Å². The van der Waals surface area contributed by atoms with Crippen LogP contribution < -0.4 is 4.74 Å². The van der Waals surface area contributed by atoms with Crippen LogP contribution >= 0.6 is 11.6 Å². The molecule has 0 radical (unpaired) electrons. The number of aromatic amines is 1. The molecule has 0 bridgehead atoms. The summed E-state index contributed by atoms with van der Waals surface area (Å²) >= 11 is 6.26. The van der Waals surface area contributed by atoms with E-state index in [1.54, 1.807) is 16.9 Å². The van der Waals surface area contributed by atoms with Crippen molar-refractivity contribution in [3.05, 3.63) is 105 Å². The molecule has 0 atom stereocenters. The third-order valence-electron chi connectivity index (χ3n) is 7.16. The van der Waals surface area contributed by atoms with Crippen molar-refractivity contribution in [2.45, 2.75) is 31.8 Å². The quantitative estimate of drug-likeness (QED) is 0.189. The number of aromatic nitrogens is 1. The Balaban J connectivity index is 1.36. The molecule has 1 aromatic heterocycles. The number of methoxy groups -OCH3 is 1. The highest BCUT2D eigenvalue weighted by atomic mass is 35.5. The Morgan fingerprint density at radius 1 is 1.10 bits per heavy atom. The molecule has 1 saturated carbocycles. The average Bonchev–Trinajstić information content (AvgIpc) is 3.73. The molecule has 3 aromatic carbocycles. The summed E-state index contributed by atoms with van der Waals surface area (Å²) in [6, 6.07) is 19.3. The molecule has 4 aromatic rings. The van der Waals surface area contributed by atoms with Crippen molar-refractivity contribution in [1.29, 1.82) is 0 Å². The van der Waals surface area contributed by atoms with Gasteiger partial charge in [0.15, 0.2) is 0 Å². The van der Waals surface area contributed by atoms with Gasteiger partial charge in [0.1, 0.15) is 12.3 Å². The summed E-state index contributed by atoms with van der Waals surface area (Å²) in [5, 5.41) is 12.2. The van der Waals surface area contributed by atoms with Crippen LogP contribution in [0.25, 0.3) is 10.9 Å². The van der Waals surface area contributed by atoms with Crippen molar-refractivity contribution in [1.82, 2.24) is 14.8 Å². The van der Waals surface area contributed by atoms with E-state index in [2.05, 4.69) is 11.1 Å². The van der Waals surface area contributed by atoms with Gasteiger partial charge < -0.3 is 19.5 Å². The summed E-state index contributed by atoms with van der Waals surface area (Å²) in [5.41, 5.74) is 3.04. The van der Waals surface area contributed by atoms with Gasteiger partial charge in [0.05, 0.1) is 22.6 Å². The highest BCUT2D eigenvalue weighted by molar-refractivity contribution is 6.34. The third-order valence-corrected chi connectivity index (χ3v) is 7.47. The average molecular weight is 561 g/mol. The lowest BCUT2D eigenvalue weighted by atomic mass is 10.1. The first-order valence-corrected chi connectivity index (χ1v) is 13.4. The number of nitrogens with zero attached hydrogens (tertiary/aromatic N) is 3. The number of amides is 2. The first kappa shape index (κ1) is 27.2. The van der Waals surface area contributed by atoms with Gasteiger partial charge in [0, 0.05) is 48.4 Å². The molecule has 1 N–H and O–H groups in total. The Labute approximate surface area is 236 Å². The summed E-state index contributed by atoms with van der Waals surface area (Å²) in [5.74, 6) is 0.136. The number of nitro benzene ring substituents is 1. The van der Waals surface area contributed by atoms with Gasteiger partial charge in [-0.1, -0.05) is 41.9 Å². The Hall–Kier alpha value is -4.37. The number of halogens is 1. The number of nitro groups is 1. The number of hydrogen-bond donors (Lipinski definition) is 1. The number of carbonyl (C=O) groups is 2. The number of nitrogens with one attached hydrogen (secondary N) is 1. The van der Waals surface area contributed by atoms with Crippen LogP contribution in [-0.2, 0) is 17.8 Å². The van der Waals surface area contributed by atoms with Crippen LogP contribution in [0.2, 0.25) is 5.02 Å². The molecule has 1 fully saturated rings. The molecular weight excluding hydrogens is 532 g/mol. The normalized spacial score (nSPS) is 12.8. The molecule has 0 spiro atoms. The van der Waals surface area contributed by atoms with E-state index in [-0.39, 0.29) is 34.8 Å². The first-order valence-electron chi connectivity index (χ1n) is 13.0. The zero-order chi connectivity index (χ0) is 28.2. The van der Waals surface area contributed by atoms with Gasteiger partial charge in [0.2, 0.25) is 5.91 Å². The van der Waals surface area contributed by atoms with Crippen molar-refractivity contribution in [2.24, 2.45) is 0 Å². The maximum absolute atomic E-state index is 13.8. The van der Waals surface area contributed by atoms with Crippen LogP contribution in [0, 0.1) is 10.1 Å². The van der Waals surface area contributed by atoms with E-state index in [1.807, 2.05) is 48.7 Å². The van der Waals surface area contributed by atoms with Crippen LogP contribution in [0.1, 0.15) is 34.3 Å². The zero-order valence-corrected chi connectivity index (χ0v) is 22.8. The Kier molecular flexibility index (Phi) is 8.02. The topological polar surface area (TPSA) is 109 Å². The second-order valence-electron chi connectivity index (χ2n) is 9.86. The number of rotatable bonds is 11.